The van der Waals surface area contributed by atoms with Gasteiger partial charge in [-0.05, 0) is 19.3 Å². The lowest BCUT2D eigenvalue weighted by Gasteiger charge is -2.46. The highest BCUT2D eigenvalue weighted by molar-refractivity contribution is 4.85. The Kier molecular flexibility index (Phi) is 2.13. The standard InChI is InChI=1S/C10H16O2/c1-8(2)9-6-11-10(12-7-9)4-3-5-10/h1,8-9H,3-7H2,2H3. The first kappa shape index (κ1) is 8.52. The summed E-state index contributed by atoms with van der Waals surface area (Å²) in [7, 11) is 0. The minimum Gasteiger partial charge on any atom is -0.350 e. The Morgan fingerprint density at radius 1 is 1.33 bits per heavy atom. The van der Waals surface area contributed by atoms with Crippen LogP contribution in [0.5, 0.6) is 0 Å². The molecule has 0 amide bonds. The molecule has 1 aliphatic carbocycles. The van der Waals surface area contributed by atoms with Gasteiger partial charge < -0.3 is 9.47 Å². The summed E-state index contributed by atoms with van der Waals surface area (Å²) >= 11 is 0. The first-order valence-electron chi connectivity index (χ1n) is 4.75. The van der Waals surface area contributed by atoms with E-state index in [1.807, 2.05) is 6.92 Å². The van der Waals surface area contributed by atoms with E-state index in [0.717, 1.165) is 26.1 Å². The van der Waals surface area contributed by atoms with Gasteiger partial charge in [0, 0.05) is 18.8 Å². The van der Waals surface area contributed by atoms with E-state index in [9.17, 15) is 0 Å². The van der Waals surface area contributed by atoms with Crippen molar-refractivity contribution in [1.82, 2.24) is 0 Å². The molecule has 2 rings (SSSR count). The van der Waals surface area contributed by atoms with Crippen LogP contribution >= 0.6 is 0 Å². The van der Waals surface area contributed by atoms with E-state index in [0.29, 0.717) is 5.92 Å². The molecule has 2 heteroatoms. The molecule has 1 saturated heterocycles. The summed E-state index contributed by atoms with van der Waals surface area (Å²) < 4.78 is 11.3. The van der Waals surface area contributed by atoms with E-state index in [2.05, 4.69) is 0 Å². The van der Waals surface area contributed by atoms with Gasteiger partial charge in [0.15, 0.2) is 5.79 Å². The van der Waals surface area contributed by atoms with Crippen LogP contribution < -0.4 is 0 Å². The Labute approximate surface area is 74.2 Å². The van der Waals surface area contributed by atoms with Crippen molar-refractivity contribution in [2.24, 2.45) is 11.8 Å². The molecule has 1 saturated carbocycles. The molecule has 0 aromatic carbocycles. The Morgan fingerprint density at radius 3 is 2.25 bits per heavy atom. The summed E-state index contributed by atoms with van der Waals surface area (Å²) in [6.45, 7) is 9.32. The predicted octanol–water partition coefficient (Wildman–Crippen LogP) is 1.88. The first-order chi connectivity index (χ1) is 5.72. The van der Waals surface area contributed by atoms with Crippen molar-refractivity contribution < 1.29 is 9.47 Å². The van der Waals surface area contributed by atoms with Crippen molar-refractivity contribution in [3.05, 3.63) is 6.92 Å². The molecule has 2 nitrogen and oxygen atoms in total. The predicted molar refractivity (Wildman–Crippen MR) is 45.4 cm³/mol. The van der Waals surface area contributed by atoms with Crippen LogP contribution in [0, 0.1) is 18.8 Å². The number of ether oxygens (including phenoxy) is 2. The van der Waals surface area contributed by atoms with Crippen LogP contribution in [0.25, 0.3) is 0 Å². The second-order valence-electron chi connectivity index (χ2n) is 4.01. The maximum atomic E-state index is 5.76. The fourth-order valence-corrected chi connectivity index (χ4v) is 1.67. The average Bonchev–Trinajstić information content (AvgIpc) is 2.02. The molecule has 1 aliphatic heterocycles. The van der Waals surface area contributed by atoms with Gasteiger partial charge in [-0.1, -0.05) is 6.92 Å². The molecule has 1 spiro atoms. The van der Waals surface area contributed by atoms with E-state index in [1.165, 1.54) is 6.42 Å². The summed E-state index contributed by atoms with van der Waals surface area (Å²) in [5.41, 5.74) is 0. The summed E-state index contributed by atoms with van der Waals surface area (Å²) in [6, 6.07) is 0. The molecule has 0 aromatic heterocycles. The zero-order chi connectivity index (χ0) is 8.60. The fraction of sp³-hybridized carbons (Fsp3) is 0.900. The zero-order valence-corrected chi connectivity index (χ0v) is 7.58. The Morgan fingerprint density at radius 2 is 1.92 bits per heavy atom. The maximum Gasteiger partial charge on any atom is 0.168 e. The van der Waals surface area contributed by atoms with Crippen LogP contribution in [0.1, 0.15) is 26.2 Å². The topological polar surface area (TPSA) is 18.5 Å². The number of rotatable bonds is 1. The van der Waals surface area contributed by atoms with Gasteiger partial charge in [-0.15, -0.1) is 0 Å². The van der Waals surface area contributed by atoms with E-state index >= 15 is 0 Å². The van der Waals surface area contributed by atoms with Gasteiger partial charge in [-0.3, -0.25) is 0 Å². The lowest BCUT2D eigenvalue weighted by Crippen LogP contribution is -2.49. The van der Waals surface area contributed by atoms with Gasteiger partial charge in [0.2, 0.25) is 0 Å². The molecular weight excluding hydrogens is 152 g/mol. The van der Waals surface area contributed by atoms with Crippen LogP contribution in [0.15, 0.2) is 0 Å². The average molecular weight is 168 g/mol. The molecule has 0 aromatic rings. The van der Waals surface area contributed by atoms with Gasteiger partial charge in [0.25, 0.3) is 0 Å². The van der Waals surface area contributed by atoms with Crippen molar-refractivity contribution in [2.45, 2.75) is 32.0 Å². The molecule has 2 fully saturated rings. The smallest absolute Gasteiger partial charge is 0.168 e. The number of hydrogen-bond acceptors (Lipinski definition) is 2. The molecule has 12 heavy (non-hydrogen) atoms. The van der Waals surface area contributed by atoms with Crippen LogP contribution in [0.3, 0.4) is 0 Å². The molecule has 68 valence electrons. The Balaban J connectivity index is 1.84. The summed E-state index contributed by atoms with van der Waals surface area (Å²) in [4.78, 5) is 0. The first-order valence-corrected chi connectivity index (χ1v) is 4.75. The molecular formula is C10H16O2. The lowest BCUT2D eigenvalue weighted by atomic mass is 9.88. The Bertz CT molecular complexity index is 151. The largest absolute Gasteiger partial charge is 0.350 e. The summed E-state index contributed by atoms with van der Waals surface area (Å²) in [5, 5.41) is 0. The van der Waals surface area contributed by atoms with Crippen LogP contribution in [0.4, 0.5) is 0 Å². The summed E-state index contributed by atoms with van der Waals surface area (Å²) in [6.07, 6.45) is 3.38. The summed E-state index contributed by atoms with van der Waals surface area (Å²) in [5.74, 6) is 0.379. The van der Waals surface area contributed by atoms with E-state index < -0.39 is 0 Å². The van der Waals surface area contributed by atoms with E-state index in [-0.39, 0.29) is 11.7 Å². The second-order valence-corrected chi connectivity index (χ2v) is 4.01. The fourth-order valence-electron chi connectivity index (χ4n) is 1.67. The third-order valence-corrected chi connectivity index (χ3v) is 2.98. The van der Waals surface area contributed by atoms with E-state index in [4.69, 9.17) is 16.4 Å². The van der Waals surface area contributed by atoms with Crippen molar-refractivity contribution >= 4 is 0 Å². The minimum atomic E-state index is -0.189. The highest BCUT2D eigenvalue weighted by atomic mass is 16.7. The van der Waals surface area contributed by atoms with Crippen molar-refractivity contribution in [3.8, 4) is 0 Å². The molecule has 0 bridgehead atoms. The van der Waals surface area contributed by atoms with Crippen LogP contribution in [-0.4, -0.2) is 19.0 Å². The number of hydrogen-bond donors (Lipinski definition) is 0. The maximum absolute atomic E-state index is 5.76. The van der Waals surface area contributed by atoms with Crippen LogP contribution in [-0.2, 0) is 9.47 Å². The monoisotopic (exact) mass is 168 g/mol. The molecule has 1 unspecified atom stereocenters. The van der Waals surface area contributed by atoms with Crippen molar-refractivity contribution in [2.75, 3.05) is 13.2 Å². The molecule has 2 aliphatic rings. The van der Waals surface area contributed by atoms with Gasteiger partial charge in [0.05, 0.1) is 13.2 Å². The van der Waals surface area contributed by atoms with Crippen molar-refractivity contribution in [3.63, 3.8) is 0 Å². The van der Waals surface area contributed by atoms with Crippen LogP contribution in [0.2, 0.25) is 0 Å². The molecule has 0 N–H and O–H groups in total. The second kappa shape index (κ2) is 3.00. The molecule has 1 heterocycles. The van der Waals surface area contributed by atoms with Gasteiger partial charge in [-0.2, -0.15) is 0 Å². The minimum absolute atomic E-state index is 0.183. The third-order valence-electron chi connectivity index (χ3n) is 2.98. The van der Waals surface area contributed by atoms with Crippen molar-refractivity contribution in [1.29, 1.82) is 0 Å². The normalized spacial score (nSPS) is 29.2. The molecule has 2 radical (unpaired) electrons. The quantitative estimate of drug-likeness (QED) is 0.595. The lowest BCUT2D eigenvalue weighted by molar-refractivity contribution is -0.319. The highest BCUT2D eigenvalue weighted by Crippen LogP contribution is 2.40. The van der Waals surface area contributed by atoms with Gasteiger partial charge in [-0.25, -0.2) is 0 Å². The zero-order valence-electron chi connectivity index (χ0n) is 7.58. The highest BCUT2D eigenvalue weighted by Gasteiger charge is 2.43. The van der Waals surface area contributed by atoms with Gasteiger partial charge >= 0.3 is 0 Å². The SMILES string of the molecule is [CH]C(C)C1COC2(CCC2)OC1. The molecule has 1 atom stereocenters. The van der Waals surface area contributed by atoms with Gasteiger partial charge in [0.1, 0.15) is 0 Å². The third kappa shape index (κ3) is 1.38. The Hall–Kier alpha value is -0.0800. The van der Waals surface area contributed by atoms with E-state index in [1.54, 1.807) is 0 Å².